The fourth-order valence-electron chi connectivity index (χ4n) is 2.60. The van der Waals surface area contributed by atoms with Crippen molar-refractivity contribution in [2.24, 2.45) is 7.05 Å². The molecule has 1 atom stereocenters. The predicted molar refractivity (Wildman–Crippen MR) is 84.1 cm³/mol. The van der Waals surface area contributed by atoms with Crippen molar-refractivity contribution >= 4 is 11.6 Å². The van der Waals surface area contributed by atoms with Crippen molar-refractivity contribution in [2.75, 3.05) is 7.05 Å². The molecule has 0 saturated carbocycles. The van der Waals surface area contributed by atoms with Gasteiger partial charge >= 0.3 is 0 Å². The average molecular weight is 292 g/mol. The van der Waals surface area contributed by atoms with Crippen LogP contribution in [0.3, 0.4) is 0 Å². The van der Waals surface area contributed by atoms with E-state index in [1.54, 1.807) is 4.68 Å². The summed E-state index contributed by atoms with van der Waals surface area (Å²) in [5, 5.41) is 8.51. The first kappa shape index (κ1) is 15.1. The lowest BCUT2D eigenvalue weighted by Crippen LogP contribution is -2.16. The number of nitrogens with zero attached hydrogens (tertiary/aromatic N) is 2. The van der Waals surface area contributed by atoms with Crippen LogP contribution in [0.15, 0.2) is 30.3 Å². The highest BCUT2D eigenvalue weighted by Crippen LogP contribution is 2.23. The van der Waals surface area contributed by atoms with Gasteiger partial charge in [0, 0.05) is 18.7 Å². The molecule has 1 N–H and O–H groups in total. The van der Waals surface area contributed by atoms with Crippen LogP contribution in [0.5, 0.6) is 0 Å². The first-order valence-electron chi connectivity index (χ1n) is 7.03. The fourth-order valence-corrected chi connectivity index (χ4v) is 2.87. The molecule has 20 heavy (non-hydrogen) atoms. The molecule has 0 aliphatic heterocycles. The molecule has 0 fully saturated rings. The topological polar surface area (TPSA) is 29.9 Å². The second-order valence-corrected chi connectivity index (χ2v) is 5.48. The first-order valence-corrected chi connectivity index (χ1v) is 7.41. The Kier molecular flexibility index (Phi) is 5.21. The van der Waals surface area contributed by atoms with Gasteiger partial charge in [-0.1, -0.05) is 41.9 Å². The van der Waals surface area contributed by atoms with E-state index in [0.29, 0.717) is 6.04 Å². The number of nitrogens with one attached hydrogen (secondary N) is 1. The maximum absolute atomic E-state index is 6.27. The summed E-state index contributed by atoms with van der Waals surface area (Å²) >= 11 is 6.27. The van der Waals surface area contributed by atoms with E-state index in [4.69, 9.17) is 11.6 Å². The summed E-state index contributed by atoms with van der Waals surface area (Å²) in [6.07, 6.45) is 3.15. The Balaban J connectivity index is 1.95. The molecule has 0 aliphatic rings. The molecule has 1 aromatic heterocycles. The summed E-state index contributed by atoms with van der Waals surface area (Å²) in [6, 6.07) is 11.0. The molecule has 0 radical (unpaired) electrons. The maximum atomic E-state index is 6.27. The average Bonchev–Trinajstić information content (AvgIpc) is 2.70. The van der Waals surface area contributed by atoms with E-state index in [1.165, 1.54) is 11.1 Å². The van der Waals surface area contributed by atoms with Crippen molar-refractivity contribution in [3.05, 3.63) is 52.3 Å². The second kappa shape index (κ2) is 6.91. The Morgan fingerprint density at radius 1 is 1.30 bits per heavy atom. The largest absolute Gasteiger partial charge is 0.313 e. The van der Waals surface area contributed by atoms with E-state index in [1.807, 2.05) is 21.0 Å². The van der Waals surface area contributed by atoms with E-state index in [2.05, 4.69) is 40.7 Å². The minimum absolute atomic E-state index is 0.395. The molecule has 108 valence electrons. The van der Waals surface area contributed by atoms with Crippen LogP contribution in [0.4, 0.5) is 0 Å². The van der Waals surface area contributed by atoms with Crippen LogP contribution < -0.4 is 5.32 Å². The fraction of sp³-hybridized carbons (Fsp3) is 0.438. The minimum Gasteiger partial charge on any atom is -0.313 e. The number of halogens is 1. The lowest BCUT2D eigenvalue weighted by molar-refractivity contribution is 0.527. The molecule has 1 heterocycles. The third kappa shape index (κ3) is 3.41. The van der Waals surface area contributed by atoms with Crippen LogP contribution in [0.25, 0.3) is 0 Å². The molecule has 1 unspecified atom stereocenters. The van der Waals surface area contributed by atoms with Crippen molar-refractivity contribution in [1.29, 1.82) is 0 Å². The monoisotopic (exact) mass is 291 g/mol. The smallest absolute Gasteiger partial charge is 0.130 e. The molecular formula is C16H22ClN3. The Morgan fingerprint density at radius 3 is 2.55 bits per heavy atom. The van der Waals surface area contributed by atoms with Gasteiger partial charge in [-0.3, -0.25) is 4.68 Å². The zero-order chi connectivity index (χ0) is 14.5. The van der Waals surface area contributed by atoms with E-state index in [9.17, 15) is 0 Å². The van der Waals surface area contributed by atoms with Crippen LogP contribution in [-0.4, -0.2) is 16.8 Å². The highest BCUT2D eigenvalue weighted by molar-refractivity contribution is 6.30. The highest BCUT2D eigenvalue weighted by Gasteiger charge is 2.13. The van der Waals surface area contributed by atoms with Gasteiger partial charge in [-0.15, -0.1) is 0 Å². The Hall–Kier alpha value is -1.32. The number of hydrogen-bond donors (Lipinski definition) is 1. The summed E-state index contributed by atoms with van der Waals surface area (Å²) in [4.78, 5) is 0. The maximum Gasteiger partial charge on any atom is 0.130 e. The molecule has 0 spiro atoms. The van der Waals surface area contributed by atoms with E-state index in [-0.39, 0.29) is 0 Å². The van der Waals surface area contributed by atoms with Gasteiger partial charge in [0.25, 0.3) is 0 Å². The van der Waals surface area contributed by atoms with Crippen molar-refractivity contribution in [2.45, 2.75) is 32.2 Å². The Morgan fingerprint density at radius 2 is 2.00 bits per heavy atom. The van der Waals surface area contributed by atoms with Gasteiger partial charge in [0.15, 0.2) is 0 Å². The van der Waals surface area contributed by atoms with Crippen molar-refractivity contribution in [1.82, 2.24) is 15.1 Å². The van der Waals surface area contributed by atoms with Crippen LogP contribution in [0.1, 0.15) is 35.7 Å². The van der Waals surface area contributed by atoms with Gasteiger partial charge in [0.2, 0.25) is 0 Å². The van der Waals surface area contributed by atoms with Gasteiger partial charge in [-0.2, -0.15) is 5.10 Å². The Labute approximate surface area is 126 Å². The summed E-state index contributed by atoms with van der Waals surface area (Å²) < 4.78 is 1.75. The summed E-state index contributed by atoms with van der Waals surface area (Å²) in [7, 11) is 3.90. The lowest BCUT2D eigenvalue weighted by Gasteiger charge is -2.16. The molecule has 2 rings (SSSR count). The van der Waals surface area contributed by atoms with Crippen molar-refractivity contribution in [3.63, 3.8) is 0 Å². The molecule has 4 heteroatoms. The minimum atomic E-state index is 0.395. The van der Waals surface area contributed by atoms with Crippen LogP contribution in [0.2, 0.25) is 5.15 Å². The van der Waals surface area contributed by atoms with Gasteiger partial charge in [-0.25, -0.2) is 0 Å². The molecule has 3 nitrogen and oxygen atoms in total. The van der Waals surface area contributed by atoms with Gasteiger partial charge < -0.3 is 5.32 Å². The normalized spacial score (nSPS) is 12.6. The van der Waals surface area contributed by atoms with Crippen LogP contribution in [0, 0.1) is 6.92 Å². The standard InChI is InChI=1S/C16H22ClN3/c1-12-14(16(17)20(3)19-12)10-7-11-15(18-2)13-8-5-4-6-9-13/h4-6,8-9,15,18H,7,10-11H2,1-3H3. The number of hydrogen-bond acceptors (Lipinski definition) is 2. The summed E-state index contributed by atoms with van der Waals surface area (Å²) in [5.41, 5.74) is 3.55. The third-order valence-electron chi connectivity index (χ3n) is 3.74. The number of aromatic nitrogens is 2. The number of rotatable bonds is 6. The zero-order valence-electron chi connectivity index (χ0n) is 12.4. The SMILES string of the molecule is CNC(CCCc1c(C)nn(C)c1Cl)c1ccccc1. The number of benzene rings is 1. The molecule has 1 aromatic carbocycles. The van der Waals surface area contributed by atoms with Crippen LogP contribution in [-0.2, 0) is 13.5 Å². The third-order valence-corrected chi connectivity index (χ3v) is 4.21. The Bertz CT molecular complexity index is 548. The predicted octanol–water partition coefficient (Wildman–Crippen LogP) is 3.67. The number of aryl methyl sites for hydroxylation is 2. The highest BCUT2D eigenvalue weighted by atomic mass is 35.5. The summed E-state index contributed by atoms with van der Waals surface area (Å²) in [6.45, 7) is 2.02. The van der Waals surface area contributed by atoms with Crippen molar-refractivity contribution in [3.8, 4) is 0 Å². The van der Waals surface area contributed by atoms with E-state index in [0.717, 1.165) is 30.1 Å². The van der Waals surface area contributed by atoms with Crippen molar-refractivity contribution < 1.29 is 0 Å². The van der Waals surface area contributed by atoms with Gasteiger partial charge in [0.1, 0.15) is 5.15 Å². The molecule has 0 bridgehead atoms. The van der Waals surface area contributed by atoms with Gasteiger partial charge in [-0.05, 0) is 38.8 Å². The molecular weight excluding hydrogens is 270 g/mol. The van der Waals surface area contributed by atoms with Crippen LogP contribution >= 0.6 is 11.6 Å². The summed E-state index contributed by atoms with van der Waals surface area (Å²) in [5.74, 6) is 0. The molecule has 0 saturated heterocycles. The zero-order valence-corrected chi connectivity index (χ0v) is 13.1. The quantitative estimate of drug-likeness (QED) is 0.880. The lowest BCUT2D eigenvalue weighted by atomic mass is 9.99. The first-order chi connectivity index (χ1) is 9.63. The molecule has 0 amide bonds. The molecule has 0 aliphatic carbocycles. The second-order valence-electron chi connectivity index (χ2n) is 5.12. The van der Waals surface area contributed by atoms with Gasteiger partial charge in [0.05, 0.1) is 5.69 Å². The van der Waals surface area contributed by atoms with E-state index < -0.39 is 0 Å². The van der Waals surface area contributed by atoms with E-state index >= 15 is 0 Å². The molecule has 2 aromatic rings.